The first kappa shape index (κ1) is 13.5. The fourth-order valence-electron chi connectivity index (χ4n) is 1.67. The molecular weight excluding hydrogens is 262 g/mol. The number of nitrogens with zero attached hydrogens (tertiary/aromatic N) is 3. The lowest BCUT2D eigenvalue weighted by Crippen LogP contribution is -2.13. The van der Waals surface area contributed by atoms with Crippen LogP contribution in [0.2, 0.25) is 0 Å². The maximum Gasteiger partial charge on any atom is 0.360 e. The summed E-state index contributed by atoms with van der Waals surface area (Å²) in [5.74, 6) is -0.894. The highest BCUT2D eigenvalue weighted by Crippen LogP contribution is 2.15. The van der Waals surface area contributed by atoms with Crippen LogP contribution in [0.4, 0.5) is 5.69 Å². The Hall–Kier alpha value is -2.90. The third kappa shape index (κ3) is 2.44. The van der Waals surface area contributed by atoms with Gasteiger partial charge in [-0.25, -0.2) is 14.5 Å². The van der Waals surface area contributed by atoms with Crippen molar-refractivity contribution in [2.75, 3.05) is 12.8 Å². The molecule has 20 heavy (non-hydrogen) atoms. The number of methoxy groups -OCH3 is 1. The number of hydrogen-bond acceptors (Lipinski definition) is 6. The number of rotatable bonds is 3. The number of aromatic nitrogens is 3. The lowest BCUT2D eigenvalue weighted by molar-refractivity contribution is 0.0594. The van der Waals surface area contributed by atoms with Crippen molar-refractivity contribution in [3.05, 3.63) is 35.3 Å². The molecule has 1 amide bonds. The number of esters is 1. The lowest BCUT2D eigenvalue weighted by atomic mass is 10.2. The fourth-order valence-corrected chi connectivity index (χ4v) is 1.67. The number of primary amides is 1. The quantitative estimate of drug-likeness (QED) is 0.762. The second-order valence-corrected chi connectivity index (χ2v) is 4.09. The standard InChI is InChI=1S/C12H13N5O3/c1-6-3-7(11(14)18)4-9(15-6)17-5-8(13)10(16-17)12(19)20-2/h3-5H,13H2,1-2H3,(H2,14,18). The van der Waals surface area contributed by atoms with Gasteiger partial charge in [0.25, 0.3) is 0 Å². The van der Waals surface area contributed by atoms with E-state index in [-0.39, 0.29) is 11.4 Å². The van der Waals surface area contributed by atoms with Gasteiger partial charge in [0.1, 0.15) is 0 Å². The monoisotopic (exact) mass is 275 g/mol. The topological polar surface area (TPSA) is 126 Å². The number of hydrogen-bond donors (Lipinski definition) is 2. The molecule has 0 aromatic carbocycles. The van der Waals surface area contributed by atoms with Gasteiger partial charge in [-0.1, -0.05) is 0 Å². The summed E-state index contributed by atoms with van der Waals surface area (Å²) < 4.78 is 5.86. The van der Waals surface area contributed by atoms with Gasteiger partial charge in [-0.05, 0) is 19.1 Å². The van der Waals surface area contributed by atoms with E-state index in [0.29, 0.717) is 17.1 Å². The van der Waals surface area contributed by atoms with Crippen LogP contribution in [0.3, 0.4) is 0 Å². The van der Waals surface area contributed by atoms with E-state index in [2.05, 4.69) is 14.8 Å². The second-order valence-electron chi connectivity index (χ2n) is 4.09. The number of ether oxygens (including phenoxy) is 1. The molecule has 0 aliphatic rings. The van der Waals surface area contributed by atoms with E-state index in [9.17, 15) is 9.59 Å². The minimum Gasteiger partial charge on any atom is -0.464 e. The van der Waals surface area contributed by atoms with Gasteiger partial charge in [0.15, 0.2) is 11.5 Å². The molecule has 2 heterocycles. The van der Waals surface area contributed by atoms with Crippen molar-refractivity contribution in [3.63, 3.8) is 0 Å². The highest BCUT2D eigenvalue weighted by molar-refractivity contribution is 5.94. The van der Waals surface area contributed by atoms with Gasteiger partial charge in [-0.3, -0.25) is 4.79 Å². The summed E-state index contributed by atoms with van der Waals surface area (Å²) in [6.07, 6.45) is 1.42. The number of amides is 1. The van der Waals surface area contributed by atoms with Gasteiger partial charge in [-0.2, -0.15) is 5.10 Å². The Labute approximate surface area is 114 Å². The number of aryl methyl sites for hydroxylation is 1. The van der Waals surface area contributed by atoms with E-state index in [0.717, 1.165) is 0 Å². The molecule has 2 aromatic rings. The van der Waals surface area contributed by atoms with Gasteiger partial charge >= 0.3 is 5.97 Å². The Balaban J connectivity index is 2.52. The smallest absolute Gasteiger partial charge is 0.360 e. The molecule has 0 spiro atoms. The molecule has 4 N–H and O–H groups in total. The molecule has 0 aliphatic heterocycles. The van der Waals surface area contributed by atoms with Crippen LogP contribution in [0.5, 0.6) is 0 Å². The van der Waals surface area contributed by atoms with Crippen LogP contribution in [0.15, 0.2) is 18.3 Å². The van der Waals surface area contributed by atoms with Gasteiger partial charge in [0, 0.05) is 11.3 Å². The Morgan fingerprint density at radius 1 is 1.35 bits per heavy atom. The molecule has 104 valence electrons. The van der Waals surface area contributed by atoms with Crippen molar-refractivity contribution in [2.24, 2.45) is 5.73 Å². The maximum absolute atomic E-state index is 11.4. The first-order chi connectivity index (χ1) is 9.42. The van der Waals surface area contributed by atoms with Crippen LogP contribution in [-0.2, 0) is 4.74 Å². The van der Waals surface area contributed by atoms with Crippen molar-refractivity contribution in [1.29, 1.82) is 0 Å². The van der Waals surface area contributed by atoms with Crippen molar-refractivity contribution in [2.45, 2.75) is 6.92 Å². The summed E-state index contributed by atoms with van der Waals surface area (Å²) in [5, 5.41) is 3.99. The van der Waals surface area contributed by atoms with Crippen molar-refractivity contribution < 1.29 is 14.3 Å². The van der Waals surface area contributed by atoms with Gasteiger partial charge in [-0.15, -0.1) is 0 Å². The maximum atomic E-state index is 11.4. The zero-order chi connectivity index (χ0) is 14.9. The van der Waals surface area contributed by atoms with E-state index in [1.54, 1.807) is 13.0 Å². The molecule has 0 saturated heterocycles. The lowest BCUT2D eigenvalue weighted by Gasteiger charge is -2.04. The number of pyridine rings is 1. The Morgan fingerprint density at radius 2 is 2.05 bits per heavy atom. The molecular formula is C12H13N5O3. The van der Waals surface area contributed by atoms with Crippen LogP contribution >= 0.6 is 0 Å². The Bertz CT molecular complexity index is 692. The first-order valence-electron chi connectivity index (χ1n) is 5.64. The largest absolute Gasteiger partial charge is 0.464 e. The van der Waals surface area contributed by atoms with Crippen LogP contribution in [0.1, 0.15) is 26.5 Å². The predicted molar refractivity (Wildman–Crippen MR) is 70.4 cm³/mol. The fraction of sp³-hybridized carbons (Fsp3) is 0.167. The summed E-state index contributed by atoms with van der Waals surface area (Å²) in [4.78, 5) is 26.9. The van der Waals surface area contributed by atoms with Gasteiger partial charge in [0.2, 0.25) is 5.91 Å². The second kappa shape index (κ2) is 5.00. The van der Waals surface area contributed by atoms with Crippen molar-refractivity contribution in [3.8, 4) is 5.82 Å². The summed E-state index contributed by atoms with van der Waals surface area (Å²) in [6.45, 7) is 1.71. The summed E-state index contributed by atoms with van der Waals surface area (Å²) in [7, 11) is 1.23. The summed E-state index contributed by atoms with van der Waals surface area (Å²) >= 11 is 0. The molecule has 0 aliphatic carbocycles. The van der Waals surface area contributed by atoms with Crippen molar-refractivity contribution >= 4 is 17.6 Å². The van der Waals surface area contributed by atoms with Crippen LogP contribution in [0, 0.1) is 6.92 Å². The molecule has 0 fully saturated rings. The number of anilines is 1. The Morgan fingerprint density at radius 3 is 2.65 bits per heavy atom. The molecule has 0 radical (unpaired) electrons. The third-order valence-electron chi connectivity index (χ3n) is 2.58. The normalized spacial score (nSPS) is 10.3. The summed E-state index contributed by atoms with van der Waals surface area (Å²) in [6, 6.07) is 3.02. The van der Waals surface area contributed by atoms with Crippen molar-refractivity contribution in [1.82, 2.24) is 14.8 Å². The minimum absolute atomic E-state index is 0.0172. The molecule has 0 atom stereocenters. The molecule has 0 bridgehead atoms. The predicted octanol–water partition coefficient (Wildman–Crippen LogP) is 0.0434. The third-order valence-corrected chi connectivity index (χ3v) is 2.58. The first-order valence-corrected chi connectivity index (χ1v) is 5.64. The molecule has 2 rings (SSSR count). The molecule has 8 nitrogen and oxygen atoms in total. The van der Waals surface area contributed by atoms with E-state index in [1.807, 2.05) is 0 Å². The number of carbonyl (C=O) groups is 2. The Kier molecular flexibility index (Phi) is 3.38. The van der Waals surface area contributed by atoms with Crippen LogP contribution in [-0.4, -0.2) is 33.8 Å². The summed E-state index contributed by atoms with van der Waals surface area (Å²) in [5.41, 5.74) is 11.9. The number of carbonyl (C=O) groups excluding carboxylic acids is 2. The minimum atomic E-state index is -0.649. The van der Waals surface area contributed by atoms with Crippen LogP contribution < -0.4 is 11.5 Å². The average Bonchev–Trinajstić information content (AvgIpc) is 2.79. The molecule has 8 heteroatoms. The van der Waals surface area contributed by atoms with E-state index in [1.165, 1.54) is 24.1 Å². The zero-order valence-corrected chi connectivity index (χ0v) is 11.0. The average molecular weight is 275 g/mol. The number of nitrogens with two attached hydrogens (primary N) is 2. The zero-order valence-electron chi connectivity index (χ0n) is 11.0. The molecule has 2 aromatic heterocycles. The van der Waals surface area contributed by atoms with Crippen LogP contribution in [0.25, 0.3) is 5.82 Å². The highest BCUT2D eigenvalue weighted by Gasteiger charge is 2.17. The van der Waals surface area contributed by atoms with E-state index in [4.69, 9.17) is 11.5 Å². The van der Waals surface area contributed by atoms with E-state index < -0.39 is 11.9 Å². The van der Waals surface area contributed by atoms with Gasteiger partial charge < -0.3 is 16.2 Å². The SMILES string of the molecule is COC(=O)c1nn(-c2cc(C(N)=O)cc(C)n2)cc1N. The molecule has 0 saturated carbocycles. The molecule has 0 unspecified atom stereocenters. The van der Waals surface area contributed by atoms with E-state index >= 15 is 0 Å². The number of nitrogen functional groups attached to an aromatic ring is 1. The van der Waals surface area contributed by atoms with Gasteiger partial charge in [0.05, 0.1) is 19.0 Å². The highest BCUT2D eigenvalue weighted by atomic mass is 16.5.